The molecule has 0 spiro atoms. The van der Waals surface area contributed by atoms with Gasteiger partial charge in [-0.05, 0) is 49.9 Å². The van der Waals surface area contributed by atoms with E-state index < -0.39 is 15.8 Å². The summed E-state index contributed by atoms with van der Waals surface area (Å²) in [7, 11) is -1.93. The second-order valence-electron chi connectivity index (χ2n) is 5.70. The van der Waals surface area contributed by atoms with Crippen LogP contribution in [-0.4, -0.2) is 32.4 Å². The molecule has 2 unspecified atom stereocenters. The summed E-state index contributed by atoms with van der Waals surface area (Å²) in [5.41, 5.74) is 0.742. The van der Waals surface area contributed by atoms with E-state index in [0.717, 1.165) is 24.8 Å². The fraction of sp³-hybridized carbons (Fsp3) is 0.571. The molecule has 20 heavy (non-hydrogen) atoms. The van der Waals surface area contributed by atoms with Gasteiger partial charge in [0.25, 0.3) is 0 Å². The SMILES string of the molecule is CNCc1ccc(S(=O)(=O)N2CC3CCC2C3)c(F)c1. The lowest BCUT2D eigenvalue weighted by atomic mass is 10.1. The first-order valence-electron chi connectivity index (χ1n) is 6.97. The van der Waals surface area contributed by atoms with E-state index in [4.69, 9.17) is 0 Å². The monoisotopic (exact) mass is 298 g/mol. The van der Waals surface area contributed by atoms with Crippen LogP contribution in [0.2, 0.25) is 0 Å². The first-order valence-corrected chi connectivity index (χ1v) is 8.41. The van der Waals surface area contributed by atoms with Crippen LogP contribution in [0.5, 0.6) is 0 Å². The zero-order valence-electron chi connectivity index (χ0n) is 11.5. The van der Waals surface area contributed by atoms with Gasteiger partial charge in [0, 0.05) is 19.1 Å². The van der Waals surface area contributed by atoms with E-state index >= 15 is 0 Å². The van der Waals surface area contributed by atoms with Gasteiger partial charge in [-0.3, -0.25) is 0 Å². The van der Waals surface area contributed by atoms with Crippen molar-refractivity contribution in [2.24, 2.45) is 5.92 Å². The predicted molar refractivity (Wildman–Crippen MR) is 74.2 cm³/mol. The number of rotatable bonds is 4. The Bertz CT molecular complexity index is 618. The summed E-state index contributed by atoms with van der Waals surface area (Å²) in [6.07, 6.45) is 2.93. The Hall–Kier alpha value is -0.980. The summed E-state index contributed by atoms with van der Waals surface area (Å²) in [4.78, 5) is -0.190. The van der Waals surface area contributed by atoms with E-state index in [1.807, 2.05) is 0 Å². The van der Waals surface area contributed by atoms with E-state index in [-0.39, 0.29) is 10.9 Å². The molecule has 1 aliphatic carbocycles. The van der Waals surface area contributed by atoms with Crippen molar-refractivity contribution >= 4 is 10.0 Å². The van der Waals surface area contributed by atoms with Crippen LogP contribution in [0, 0.1) is 11.7 Å². The highest BCUT2D eigenvalue weighted by Crippen LogP contribution is 2.40. The van der Waals surface area contributed by atoms with E-state index in [1.165, 1.54) is 16.4 Å². The second-order valence-corrected chi connectivity index (χ2v) is 7.56. The van der Waals surface area contributed by atoms with Gasteiger partial charge in [0.2, 0.25) is 10.0 Å². The van der Waals surface area contributed by atoms with Crippen LogP contribution in [0.4, 0.5) is 4.39 Å². The number of piperidine rings is 1. The average molecular weight is 298 g/mol. The minimum absolute atomic E-state index is 0.0707. The Morgan fingerprint density at radius 1 is 1.40 bits per heavy atom. The lowest BCUT2D eigenvalue weighted by Crippen LogP contribution is -2.38. The molecule has 2 aliphatic rings. The molecular formula is C14H19FN2O2S. The molecule has 110 valence electrons. The van der Waals surface area contributed by atoms with Gasteiger partial charge in [-0.1, -0.05) is 6.07 Å². The molecule has 1 aliphatic heterocycles. The number of sulfonamides is 1. The van der Waals surface area contributed by atoms with Crippen LogP contribution in [0.3, 0.4) is 0 Å². The molecule has 0 amide bonds. The van der Waals surface area contributed by atoms with Crippen LogP contribution in [-0.2, 0) is 16.6 Å². The molecule has 1 saturated carbocycles. The number of hydrogen-bond acceptors (Lipinski definition) is 3. The molecule has 6 heteroatoms. The Labute approximate surface area is 119 Å². The van der Waals surface area contributed by atoms with Crippen molar-refractivity contribution in [2.45, 2.75) is 36.7 Å². The van der Waals surface area contributed by atoms with Crippen molar-refractivity contribution in [2.75, 3.05) is 13.6 Å². The van der Waals surface area contributed by atoms with E-state index in [1.54, 1.807) is 13.1 Å². The lowest BCUT2D eigenvalue weighted by molar-refractivity contribution is 0.332. The first-order chi connectivity index (χ1) is 9.52. The number of nitrogens with one attached hydrogen (secondary N) is 1. The van der Waals surface area contributed by atoms with Crippen LogP contribution in [0.15, 0.2) is 23.1 Å². The Kier molecular flexibility index (Phi) is 3.56. The summed E-state index contributed by atoms with van der Waals surface area (Å²) in [6, 6.07) is 4.43. The smallest absolute Gasteiger partial charge is 0.246 e. The Balaban J connectivity index is 1.91. The van der Waals surface area contributed by atoms with Gasteiger partial charge < -0.3 is 5.32 Å². The predicted octanol–water partition coefficient (Wildman–Crippen LogP) is 1.72. The largest absolute Gasteiger partial charge is 0.316 e. The Morgan fingerprint density at radius 2 is 2.20 bits per heavy atom. The zero-order chi connectivity index (χ0) is 14.3. The van der Waals surface area contributed by atoms with Crippen LogP contribution in [0.25, 0.3) is 0 Å². The highest BCUT2D eigenvalue weighted by atomic mass is 32.2. The van der Waals surface area contributed by atoms with Gasteiger partial charge in [-0.2, -0.15) is 4.31 Å². The molecule has 1 heterocycles. The standard InChI is InChI=1S/C14H19FN2O2S/c1-16-8-10-3-5-14(13(15)7-10)20(18,19)17-9-11-2-4-12(17)6-11/h3,5,7,11-12,16H,2,4,6,8-9H2,1H3. The van der Waals surface area contributed by atoms with Crippen molar-refractivity contribution in [3.63, 3.8) is 0 Å². The molecule has 4 nitrogen and oxygen atoms in total. The van der Waals surface area contributed by atoms with Crippen molar-refractivity contribution in [1.82, 2.24) is 9.62 Å². The van der Waals surface area contributed by atoms with E-state index in [9.17, 15) is 12.8 Å². The fourth-order valence-corrected chi connectivity index (χ4v) is 5.16. The third-order valence-corrected chi connectivity index (χ3v) is 6.27. The quantitative estimate of drug-likeness (QED) is 0.921. The van der Waals surface area contributed by atoms with Gasteiger partial charge in [0.15, 0.2) is 0 Å². The highest BCUT2D eigenvalue weighted by Gasteiger charge is 2.44. The summed E-state index contributed by atoms with van der Waals surface area (Å²) in [5, 5.41) is 2.92. The molecule has 2 bridgehead atoms. The van der Waals surface area contributed by atoms with Gasteiger partial charge in [0.1, 0.15) is 10.7 Å². The molecule has 0 radical (unpaired) electrons. The van der Waals surface area contributed by atoms with Crippen molar-refractivity contribution < 1.29 is 12.8 Å². The van der Waals surface area contributed by atoms with Crippen molar-refractivity contribution in [3.05, 3.63) is 29.6 Å². The third-order valence-electron chi connectivity index (χ3n) is 4.32. The molecule has 1 aromatic rings. The maximum atomic E-state index is 14.1. The lowest BCUT2D eigenvalue weighted by Gasteiger charge is -2.26. The van der Waals surface area contributed by atoms with Gasteiger partial charge in [-0.25, -0.2) is 12.8 Å². The van der Waals surface area contributed by atoms with Crippen molar-refractivity contribution in [3.8, 4) is 0 Å². The maximum absolute atomic E-state index is 14.1. The molecule has 3 rings (SSSR count). The molecular weight excluding hydrogens is 279 g/mol. The Morgan fingerprint density at radius 3 is 2.75 bits per heavy atom. The summed E-state index contributed by atoms with van der Waals surface area (Å²) in [6.45, 7) is 1.07. The van der Waals surface area contributed by atoms with Gasteiger partial charge >= 0.3 is 0 Å². The summed E-state index contributed by atoms with van der Waals surface area (Å²) < 4.78 is 40.8. The van der Waals surface area contributed by atoms with Crippen molar-refractivity contribution in [1.29, 1.82) is 0 Å². The first kappa shape index (κ1) is 14.0. The minimum Gasteiger partial charge on any atom is -0.316 e. The number of hydrogen-bond donors (Lipinski definition) is 1. The summed E-state index contributed by atoms with van der Waals surface area (Å²) in [5.74, 6) is -0.193. The average Bonchev–Trinajstić information content (AvgIpc) is 3.01. The van der Waals surface area contributed by atoms with Crippen LogP contribution >= 0.6 is 0 Å². The van der Waals surface area contributed by atoms with Gasteiger partial charge in [0.05, 0.1) is 0 Å². The maximum Gasteiger partial charge on any atom is 0.246 e. The molecule has 2 fully saturated rings. The highest BCUT2D eigenvalue weighted by molar-refractivity contribution is 7.89. The zero-order valence-corrected chi connectivity index (χ0v) is 12.3. The fourth-order valence-electron chi connectivity index (χ4n) is 3.37. The van der Waals surface area contributed by atoms with E-state index in [0.29, 0.717) is 19.0 Å². The van der Waals surface area contributed by atoms with E-state index in [2.05, 4.69) is 5.32 Å². The molecule has 1 aromatic carbocycles. The normalized spacial score (nSPS) is 26.3. The number of halogens is 1. The molecule has 2 atom stereocenters. The third kappa shape index (κ3) is 2.25. The topological polar surface area (TPSA) is 49.4 Å². The number of nitrogens with zero attached hydrogens (tertiary/aromatic N) is 1. The van der Waals surface area contributed by atoms with Crippen LogP contribution in [0.1, 0.15) is 24.8 Å². The summed E-state index contributed by atoms with van der Waals surface area (Å²) >= 11 is 0. The molecule has 1 saturated heterocycles. The van der Waals surface area contributed by atoms with Crippen LogP contribution < -0.4 is 5.32 Å². The second kappa shape index (κ2) is 5.09. The minimum atomic E-state index is -3.69. The molecule has 1 N–H and O–H groups in total. The molecule has 0 aromatic heterocycles. The van der Waals surface area contributed by atoms with Gasteiger partial charge in [-0.15, -0.1) is 0 Å². The number of benzene rings is 1. The number of fused-ring (bicyclic) bond motifs is 2.